The second kappa shape index (κ2) is 5.74. The summed E-state index contributed by atoms with van der Waals surface area (Å²) < 4.78 is 8.35. The molecule has 0 bridgehead atoms. The lowest BCUT2D eigenvalue weighted by Gasteiger charge is -2.17. The highest BCUT2D eigenvalue weighted by molar-refractivity contribution is 7.18. The third-order valence-electron chi connectivity index (χ3n) is 4.71. The zero-order valence-electron chi connectivity index (χ0n) is 14.7. The first-order valence-electron chi connectivity index (χ1n) is 8.06. The number of hydrogen-bond donors (Lipinski definition) is 2. The molecule has 3 aromatic heterocycles. The summed E-state index contributed by atoms with van der Waals surface area (Å²) in [5.74, 6) is 0.501. The number of aryl methyl sites for hydroxylation is 1. The van der Waals surface area contributed by atoms with Crippen molar-refractivity contribution in [2.75, 3.05) is 12.8 Å². The average molecular weight is 366 g/mol. The van der Waals surface area contributed by atoms with E-state index < -0.39 is 5.91 Å². The molecular weight excluding hydrogens is 348 g/mol. The van der Waals surface area contributed by atoms with Gasteiger partial charge in [-0.2, -0.15) is 0 Å². The highest BCUT2D eigenvalue weighted by Gasteiger charge is 2.25. The molecular formula is C19H18N4O2S. The number of benzene rings is 1. The maximum absolute atomic E-state index is 12.1. The molecule has 1 aromatic carbocycles. The number of primary amides is 1. The molecule has 26 heavy (non-hydrogen) atoms. The highest BCUT2D eigenvalue weighted by atomic mass is 32.1. The molecule has 4 N–H and O–H groups in total. The van der Waals surface area contributed by atoms with E-state index in [2.05, 4.69) is 4.98 Å². The van der Waals surface area contributed by atoms with Crippen molar-refractivity contribution in [1.82, 2.24) is 9.55 Å². The molecule has 0 unspecified atom stereocenters. The Balaban J connectivity index is 2.26. The SMILES string of the molecule is COc1ccc(C)c(-n2c(N)c(C(N)=O)c3cnc4ccsc4c32)c1C. The smallest absolute Gasteiger partial charge is 0.253 e. The summed E-state index contributed by atoms with van der Waals surface area (Å²) in [4.78, 5) is 16.6. The average Bonchev–Trinajstić information content (AvgIpc) is 3.17. The van der Waals surface area contributed by atoms with Gasteiger partial charge in [0.05, 0.1) is 34.1 Å². The van der Waals surface area contributed by atoms with E-state index in [9.17, 15) is 4.79 Å². The predicted octanol–water partition coefficient (Wildman–Crippen LogP) is 3.55. The van der Waals surface area contributed by atoms with Crippen LogP contribution < -0.4 is 16.2 Å². The Morgan fingerprint density at radius 3 is 2.73 bits per heavy atom. The lowest BCUT2D eigenvalue weighted by molar-refractivity contribution is 0.100. The molecule has 0 aliphatic carbocycles. The fourth-order valence-electron chi connectivity index (χ4n) is 3.55. The Morgan fingerprint density at radius 1 is 1.27 bits per heavy atom. The van der Waals surface area contributed by atoms with Gasteiger partial charge in [-0.05, 0) is 36.9 Å². The van der Waals surface area contributed by atoms with Gasteiger partial charge in [-0.25, -0.2) is 0 Å². The van der Waals surface area contributed by atoms with Crippen LogP contribution in [0.3, 0.4) is 0 Å². The Hall–Kier alpha value is -3.06. The molecule has 6 nitrogen and oxygen atoms in total. The van der Waals surface area contributed by atoms with E-state index in [1.54, 1.807) is 24.6 Å². The summed E-state index contributed by atoms with van der Waals surface area (Å²) in [6.45, 7) is 3.98. The van der Waals surface area contributed by atoms with Crippen molar-refractivity contribution in [2.24, 2.45) is 5.73 Å². The molecule has 0 saturated heterocycles. The number of nitrogen functional groups attached to an aromatic ring is 1. The molecule has 132 valence electrons. The summed E-state index contributed by atoms with van der Waals surface area (Å²) >= 11 is 1.56. The van der Waals surface area contributed by atoms with Crippen LogP contribution in [0.4, 0.5) is 5.82 Å². The largest absolute Gasteiger partial charge is 0.496 e. The van der Waals surface area contributed by atoms with Crippen LogP contribution in [0.1, 0.15) is 21.5 Å². The maximum atomic E-state index is 12.1. The first kappa shape index (κ1) is 16.4. The van der Waals surface area contributed by atoms with Gasteiger partial charge in [0.1, 0.15) is 11.6 Å². The minimum Gasteiger partial charge on any atom is -0.496 e. The Morgan fingerprint density at radius 2 is 2.04 bits per heavy atom. The summed E-state index contributed by atoms with van der Waals surface area (Å²) in [6, 6.07) is 5.85. The quantitative estimate of drug-likeness (QED) is 0.579. The van der Waals surface area contributed by atoms with Gasteiger partial charge in [0.25, 0.3) is 5.91 Å². The first-order valence-corrected chi connectivity index (χ1v) is 8.94. The fraction of sp³-hybridized carbons (Fsp3) is 0.158. The first-order chi connectivity index (χ1) is 12.5. The van der Waals surface area contributed by atoms with Crippen molar-refractivity contribution in [3.05, 3.63) is 46.5 Å². The van der Waals surface area contributed by atoms with Crippen LogP contribution in [0.25, 0.3) is 26.8 Å². The summed E-state index contributed by atoms with van der Waals surface area (Å²) in [5, 5.41) is 2.63. The maximum Gasteiger partial charge on any atom is 0.253 e. The van der Waals surface area contributed by atoms with Crippen LogP contribution in [-0.2, 0) is 0 Å². The number of amides is 1. The minimum absolute atomic E-state index is 0.296. The normalized spacial score (nSPS) is 11.3. The van der Waals surface area contributed by atoms with Gasteiger partial charge in [0, 0.05) is 17.1 Å². The van der Waals surface area contributed by atoms with Crippen molar-refractivity contribution >= 4 is 44.2 Å². The van der Waals surface area contributed by atoms with Crippen molar-refractivity contribution < 1.29 is 9.53 Å². The van der Waals surface area contributed by atoms with Crippen LogP contribution >= 0.6 is 11.3 Å². The van der Waals surface area contributed by atoms with Gasteiger partial charge in [0.15, 0.2) is 0 Å². The number of aromatic nitrogens is 2. The van der Waals surface area contributed by atoms with Gasteiger partial charge in [-0.15, -0.1) is 11.3 Å². The number of carbonyl (C=O) groups excluding carboxylic acids is 1. The van der Waals surface area contributed by atoms with E-state index >= 15 is 0 Å². The van der Waals surface area contributed by atoms with Crippen molar-refractivity contribution in [3.63, 3.8) is 0 Å². The van der Waals surface area contributed by atoms with Crippen molar-refractivity contribution in [2.45, 2.75) is 13.8 Å². The highest BCUT2D eigenvalue weighted by Crippen LogP contribution is 2.40. The molecule has 1 amide bonds. The molecule has 0 saturated carbocycles. The number of methoxy groups -OCH3 is 1. The molecule has 4 rings (SSSR count). The van der Waals surface area contributed by atoms with Crippen LogP contribution in [0.2, 0.25) is 0 Å². The number of nitrogens with two attached hydrogens (primary N) is 2. The van der Waals surface area contributed by atoms with E-state index in [0.29, 0.717) is 16.8 Å². The number of thiophene rings is 1. The number of rotatable bonds is 3. The van der Waals surface area contributed by atoms with Gasteiger partial charge < -0.3 is 16.2 Å². The second-order valence-electron chi connectivity index (χ2n) is 6.17. The number of carbonyl (C=O) groups is 1. The molecule has 0 aliphatic rings. The third-order valence-corrected chi connectivity index (χ3v) is 5.62. The second-order valence-corrected chi connectivity index (χ2v) is 7.09. The van der Waals surface area contributed by atoms with Gasteiger partial charge in [-0.1, -0.05) is 6.07 Å². The number of ether oxygens (including phenoxy) is 1. The monoisotopic (exact) mass is 366 g/mol. The zero-order chi connectivity index (χ0) is 18.6. The zero-order valence-corrected chi connectivity index (χ0v) is 15.5. The number of anilines is 1. The Labute approximate surface area is 154 Å². The molecule has 0 aliphatic heterocycles. The van der Waals surface area contributed by atoms with Gasteiger partial charge in [0.2, 0.25) is 0 Å². The van der Waals surface area contributed by atoms with Crippen LogP contribution in [0.5, 0.6) is 5.75 Å². The molecule has 0 spiro atoms. The summed E-state index contributed by atoms with van der Waals surface area (Å²) in [5.41, 5.74) is 16.9. The lowest BCUT2D eigenvalue weighted by atomic mass is 10.1. The fourth-order valence-corrected chi connectivity index (χ4v) is 4.43. The number of pyridine rings is 1. The van der Waals surface area contributed by atoms with E-state index in [1.165, 1.54) is 0 Å². The molecule has 0 atom stereocenters. The van der Waals surface area contributed by atoms with Crippen LogP contribution in [-0.4, -0.2) is 22.6 Å². The van der Waals surface area contributed by atoms with Gasteiger partial charge in [-0.3, -0.25) is 14.3 Å². The van der Waals surface area contributed by atoms with Crippen LogP contribution in [0.15, 0.2) is 29.8 Å². The van der Waals surface area contributed by atoms with Crippen LogP contribution in [0, 0.1) is 13.8 Å². The summed E-state index contributed by atoms with van der Waals surface area (Å²) in [6.07, 6.45) is 1.67. The predicted molar refractivity (Wildman–Crippen MR) is 105 cm³/mol. The molecule has 3 heterocycles. The molecule has 4 aromatic rings. The van der Waals surface area contributed by atoms with Crippen molar-refractivity contribution in [3.8, 4) is 11.4 Å². The van der Waals surface area contributed by atoms with E-state index in [4.69, 9.17) is 16.2 Å². The Bertz CT molecular complexity index is 1190. The standard InChI is InChI=1S/C19H18N4O2S/c1-9-4-5-13(25-3)10(2)15(9)23-16-11(14(18(23)20)19(21)24)8-22-12-6-7-26-17(12)16/h4-8H,20H2,1-3H3,(H2,21,24). The Kier molecular flexibility index (Phi) is 3.62. The topological polar surface area (TPSA) is 96.2 Å². The number of nitrogens with zero attached hydrogens (tertiary/aromatic N) is 2. The molecule has 0 fully saturated rings. The third kappa shape index (κ3) is 2.10. The minimum atomic E-state index is -0.567. The lowest BCUT2D eigenvalue weighted by Crippen LogP contribution is -2.14. The van der Waals surface area contributed by atoms with Crippen molar-refractivity contribution in [1.29, 1.82) is 0 Å². The number of hydrogen-bond acceptors (Lipinski definition) is 5. The number of fused-ring (bicyclic) bond motifs is 3. The van der Waals surface area contributed by atoms with E-state index in [-0.39, 0.29) is 0 Å². The van der Waals surface area contributed by atoms with E-state index in [0.717, 1.165) is 38.3 Å². The van der Waals surface area contributed by atoms with E-state index in [1.807, 2.05) is 42.0 Å². The summed E-state index contributed by atoms with van der Waals surface area (Å²) in [7, 11) is 1.63. The van der Waals surface area contributed by atoms with Gasteiger partial charge >= 0.3 is 0 Å². The molecule has 0 radical (unpaired) electrons. The molecule has 7 heteroatoms.